The molecule has 0 saturated carbocycles. The molecule has 9 nitrogen and oxygen atoms in total. The molecule has 0 unspecified atom stereocenters. The van der Waals surface area contributed by atoms with Crippen LogP contribution in [0.2, 0.25) is 0 Å². The minimum Gasteiger partial charge on any atom is -0.494 e. The van der Waals surface area contributed by atoms with Crippen LogP contribution in [0.15, 0.2) is 72.8 Å². The molecule has 0 radical (unpaired) electrons. The fourth-order valence-corrected chi connectivity index (χ4v) is 4.32. The highest BCUT2D eigenvalue weighted by Gasteiger charge is 2.26. The highest BCUT2D eigenvalue weighted by atomic mass is 16.6. The van der Waals surface area contributed by atoms with Crippen LogP contribution < -0.4 is 9.47 Å². The Hall–Kier alpha value is -4.66. The van der Waals surface area contributed by atoms with Crippen molar-refractivity contribution in [1.29, 1.82) is 0 Å². The molecule has 3 atom stereocenters. The zero-order valence-electron chi connectivity index (χ0n) is 28.0. The van der Waals surface area contributed by atoms with Crippen molar-refractivity contribution in [3.05, 3.63) is 83.9 Å². The zero-order chi connectivity index (χ0) is 34.2. The minimum atomic E-state index is -1.26. The van der Waals surface area contributed by atoms with Gasteiger partial charge in [0.2, 0.25) is 0 Å². The van der Waals surface area contributed by atoms with Crippen molar-refractivity contribution in [3.63, 3.8) is 0 Å². The fourth-order valence-electron chi connectivity index (χ4n) is 4.32. The van der Waals surface area contributed by atoms with E-state index in [-0.39, 0.29) is 23.8 Å². The maximum Gasteiger partial charge on any atom is 0.348 e. The molecule has 3 rings (SSSR count). The first-order chi connectivity index (χ1) is 22.6. The number of rotatable bonds is 18. The molecule has 0 fully saturated rings. The molecular formula is C38H46O9. The number of carbonyl (C=O) groups excluding carboxylic acids is 4. The molecule has 0 spiro atoms. The summed E-state index contributed by atoms with van der Waals surface area (Å²) in [6.45, 7) is 9.80. The predicted molar refractivity (Wildman–Crippen MR) is 178 cm³/mol. The average molecular weight is 647 g/mol. The first-order valence-electron chi connectivity index (χ1n) is 16.3. The van der Waals surface area contributed by atoms with E-state index in [4.69, 9.17) is 23.7 Å². The van der Waals surface area contributed by atoms with E-state index in [1.54, 1.807) is 12.1 Å². The molecule has 9 heteroatoms. The smallest absolute Gasteiger partial charge is 0.348 e. The number of hydrogen-bond donors (Lipinski definition) is 0. The van der Waals surface area contributed by atoms with Gasteiger partial charge in [-0.1, -0.05) is 77.1 Å². The molecule has 3 aromatic carbocycles. The van der Waals surface area contributed by atoms with Crippen LogP contribution in [-0.2, 0) is 23.8 Å². The summed E-state index contributed by atoms with van der Waals surface area (Å²) in [5, 5.41) is 0. The standard InChI is InChI=1S/C38H46O9/c1-6-8-9-10-11-24-43-33-20-16-30(17-21-33)29-12-14-31(15-13-29)38(42)47-34-22-18-32(19-23-34)37(41)46-28(5)36(40)45-27(4)35(39)44-25-26(3)7-2/h12-23,26-28H,6-11,24-25H2,1-5H3/t26-,27-,28-/m0/s1. The minimum absolute atomic E-state index is 0.137. The van der Waals surface area contributed by atoms with Gasteiger partial charge in [0.1, 0.15) is 11.5 Å². The van der Waals surface area contributed by atoms with Gasteiger partial charge < -0.3 is 23.7 Å². The van der Waals surface area contributed by atoms with Crippen molar-refractivity contribution in [2.75, 3.05) is 13.2 Å². The lowest BCUT2D eigenvalue weighted by Crippen LogP contribution is -2.33. The zero-order valence-corrected chi connectivity index (χ0v) is 28.0. The molecule has 0 saturated heterocycles. The predicted octanol–water partition coefficient (Wildman–Crippen LogP) is 7.99. The van der Waals surface area contributed by atoms with Gasteiger partial charge in [-0.3, -0.25) is 0 Å². The number of esters is 4. The maximum absolute atomic E-state index is 12.7. The number of carbonyl (C=O) groups is 4. The van der Waals surface area contributed by atoms with Gasteiger partial charge in [0.05, 0.1) is 24.3 Å². The normalized spacial score (nSPS) is 12.7. The van der Waals surface area contributed by atoms with Gasteiger partial charge in [-0.25, -0.2) is 19.2 Å². The second-order valence-corrected chi connectivity index (χ2v) is 11.5. The van der Waals surface area contributed by atoms with Crippen LogP contribution in [0, 0.1) is 5.92 Å². The molecule has 0 aliphatic heterocycles. The first-order valence-corrected chi connectivity index (χ1v) is 16.3. The SMILES string of the molecule is CCCCCCCOc1ccc(-c2ccc(C(=O)Oc3ccc(C(=O)O[C@@H](C)C(=O)O[C@@H](C)C(=O)OC[C@@H](C)CC)cc3)cc2)cc1. The van der Waals surface area contributed by atoms with Crippen LogP contribution in [0.25, 0.3) is 11.1 Å². The second kappa shape index (κ2) is 19.1. The van der Waals surface area contributed by atoms with Gasteiger partial charge in [0.25, 0.3) is 0 Å². The third-order valence-electron chi connectivity index (χ3n) is 7.57. The Balaban J connectivity index is 1.46. The molecule has 0 aliphatic carbocycles. The van der Waals surface area contributed by atoms with E-state index in [0.29, 0.717) is 12.2 Å². The van der Waals surface area contributed by atoms with Gasteiger partial charge >= 0.3 is 23.9 Å². The van der Waals surface area contributed by atoms with Crippen molar-refractivity contribution in [2.45, 2.75) is 85.4 Å². The van der Waals surface area contributed by atoms with E-state index < -0.39 is 36.1 Å². The van der Waals surface area contributed by atoms with Crippen LogP contribution in [0.5, 0.6) is 11.5 Å². The third-order valence-corrected chi connectivity index (χ3v) is 7.57. The molecule has 0 heterocycles. The molecule has 0 bridgehead atoms. The Morgan fingerprint density at radius 1 is 0.596 bits per heavy atom. The summed E-state index contributed by atoms with van der Waals surface area (Å²) < 4.78 is 26.7. The van der Waals surface area contributed by atoms with Crippen LogP contribution >= 0.6 is 0 Å². The Kier molecular flexibility index (Phi) is 15.0. The number of unbranched alkanes of at least 4 members (excludes halogenated alkanes) is 4. The lowest BCUT2D eigenvalue weighted by molar-refractivity contribution is -0.172. The quantitative estimate of drug-likeness (QED) is 0.0587. The van der Waals surface area contributed by atoms with Crippen LogP contribution in [0.1, 0.15) is 93.9 Å². The number of benzene rings is 3. The van der Waals surface area contributed by atoms with E-state index in [0.717, 1.165) is 29.7 Å². The summed E-state index contributed by atoms with van der Waals surface area (Å²) >= 11 is 0. The van der Waals surface area contributed by atoms with Gasteiger partial charge in [-0.2, -0.15) is 0 Å². The lowest BCUT2D eigenvalue weighted by atomic mass is 10.0. The molecular weight excluding hydrogens is 600 g/mol. The Morgan fingerprint density at radius 3 is 1.74 bits per heavy atom. The molecule has 0 aromatic heterocycles. The van der Waals surface area contributed by atoms with Gasteiger partial charge in [-0.05, 0) is 85.8 Å². The highest BCUT2D eigenvalue weighted by Crippen LogP contribution is 2.24. The topological polar surface area (TPSA) is 114 Å². The Bertz CT molecular complexity index is 1430. The molecule has 0 amide bonds. The van der Waals surface area contributed by atoms with Gasteiger partial charge in [-0.15, -0.1) is 0 Å². The van der Waals surface area contributed by atoms with Crippen LogP contribution in [0.3, 0.4) is 0 Å². The van der Waals surface area contributed by atoms with Gasteiger partial charge in [0, 0.05) is 0 Å². The molecule has 47 heavy (non-hydrogen) atoms. The summed E-state index contributed by atoms with van der Waals surface area (Å²) in [7, 11) is 0. The highest BCUT2D eigenvalue weighted by molar-refractivity contribution is 5.93. The van der Waals surface area contributed by atoms with Crippen molar-refractivity contribution in [2.24, 2.45) is 5.92 Å². The number of hydrogen-bond acceptors (Lipinski definition) is 9. The van der Waals surface area contributed by atoms with E-state index >= 15 is 0 Å². The fraction of sp³-hybridized carbons (Fsp3) is 0.421. The first kappa shape index (κ1) is 36.8. The number of ether oxygens (including phenoxy) is 5. The summed E-state index contributed by atoms with van der Waals surface area (Å²) in [5.41, 5.74) is 2.45. The Labute approximate surface area is 277 Å². The summed E-state index contributed by atoms with van der Waals surface area (Å²) in [4.78, 5) is 49.7. The average Bonchev–Trinajstić information content (AvgIpc) is 3.09. The largest absolute Gasteiger partial charge is 0.494 e. The maximum atomic E-state index is 12.7. The van der Waals surface area contributed by atoms with Crippen molar-refractivity contribution < 1.29 is 42.9 Å². The third kappa shape index (κ3) is 12.2. The summed E-state index contributed by atoms with van der Waals surface area (Å²) in [6, 6.07) is 20.7. The van der Waals surface area contributed by atoms with Gasteiger partial charge in [0.15, 0.2) is 12.2 Å². The summed E-state index contributed by atoms with van der Waals surface area (Å²) in [6.07, 6.45) is 4.41. The van der Waals surface area contributed by atoms with Crippen molar-refractivity contribution >= 4 is 23.9 Å². The van der Waals surface area contributed by atoms with Crippen molar-refractivity contribution in [1.82, 2.24) is 0 Å². The van der Waals surface area contributed by atoms with Crippen LogP contribution in [0.4, 0.5) is 0 Å². The second-order valence-electron chi connectivity index (χ2n) is 11.5. The van der Waals surface area contributed by atoms with E-state index in [9.17, 15) is 19.2 Å². The van der Waals surface area contributed by atoms with E-state index in [1.807, 2.05) is 50.2 Å². The van der Waals surface area contributed by atoms with Crippen molar-refractivity contribution in [3.8, 4) is 22.6 Å². The monoisotopic (exact) mass is 646 g/mol. The van der Waals surface area contributed by atoms with E-state index in [2.05, 4.69) is 6.92 Å². The molecule has 252 valence electrons. The summed E-state index contributed by atoms with van der Waals surface area (Å²) in [5.74, 6) is -1.63. The van der Waals surface area contributed by atoms with E-state index in [1.165, 1.54) is 63.8 Å². The van der Waals surface area contributed by atoms with Crippen LogP contribution in [-0.4, -0.2) is 49.3 Å². The molecule has 0 N–H and O–H groups in total. The Morgan fingerprint density at radius 2 is 1.13 bits per heavy atom. The lowest BCUT2D eigenvalue weighted by Gasteiger charge is -2.17. The molecule has 3 aromatic rings. The molecule has 0 aliphatic rings.